The Morgan fingerprint density at radius 1 is 1.17 bits per heavy atom. The lowest BCUT2D eigenvalue weighted by molar-refractivity contribution is 0.0697. The Bertz CT molecular complexity index is 981. The van der Waals surface area contributed by atoms with Gasteiger partial charge in [-0.2, -0.15) is 0 Å². The number of carboxylic acid groups (broad SMARTS) is 1. The van der Waals surface area contributed by atoms with E-state index in [0.29, 0.717) is 16.9 Å². The van der Waals surface area contributed by atoms with Crippen LogP contribution < -0.4 is 0 Å². The first kappa shape index (κ1) is 22.4. The van der Waals surface area contributed by atoms with Gasteiger partial charge >= 0.3 is 5.97 Å². The summed E-state index contributed by atoms with van der Waals surface area (Å²) in [5, 5.41) is 11.9. The number of benzene rings is 2. The van der Waals surface area contributed by atoms with Crippen LogP contribution in [0, 0.1) is 0 Å². The van der Waals surface area contributed by atoms with Crippen molar-refractivity contribution >= 4 is 28.6 Å². The number of nitrogens with zero attached hydrogens (tertiary/aromatic N) is 1. The predicted octanol–water partition coefficient (Wildman–Crippen LogP) is 5.86. The molecular weight excluding hydrogens is 392 g/mol. The number of aromatic carboxylic acids is 1. The van der Waals surface area contributed by atoms with Gasteiger partial charge in [-0.05, 0) is 62.2 Å². The molecule has 5 heteroatoms. The third-order valence-electron chi connectivity index (χ3n) is 5.44. The minimum atomic E-state index is -0.879. The Kier molecular flexibility index (Phi) is 7.62. The van der Waals surface area contributed by atoms with Gasteiger partial charge in [-0.15, -0.1) is 11.8 Å². The molecule has 1 unspecified atom stereocenters. The number of hydrogen-bond donors (Lipinski definition) is 2. The maximum atomic E-state index is 10.2. The molecule has 0 saturated carbocycles. The molecule has 0 bridgehead atoms. The number of hydrogen-bond acceptors (Lipinski definition) is 3. The normalized spacial score (nSPS) is 15.3. The van der Waals surface area contributed by atoms with Crippen LogP contribution in [0.3, 0.4) is 0 Å². The molecule has 0 amide bonds. The second-order valence-corrected chi connectivity index (χ2v) is 9.74. The fraction of sp³-hybridized carbons (Fsp3) is 0.400. The van der Waals surface area contributed by atoms with Crippen LogP contribution >= 0.6 is 11.8 Å². The van der Waals surface area contributed by atoms with E-state index in [1.54, 1.807) is 35.9 Å². The van der Waals surface area contributed by atoms with Gasteiger partial charge in [0.05, 0.1) is 10.6 Å². The van der Waals surface area contributed by atoms with Crippen molar-refractivity contribution in [3.8, 4) is 0 Å². The van der Waals surface area contributed by atoms with E-state index in [-0.39, 0.29) is 0 Å². The van der Waals surface area contributed by atoms with E-state index < -0.39 is 5.97 Å². The van der Waals surface area contributed by atoms with Crippen LogP contribution in [0.5, 0.6) is 0 Å². The van der Waals surface area contributed by atoms with Crippen molar-refractivity contribution in [3.63, 3.8) is 0 Å². The number of aromatic nitrogens is 1. The van der Waals surface area contributed by atoms with E-state index >= 15 is 0 Å². The largest absolute Gasteiger partial charge is 0.478 e. The molecule has 3 aromatic rings. The number of nitrogens with one attached hydrogen (secondary N) is 1. The van der Waals surface area contributed by atoms with Gasteiger partial charge in [0.25, 0.3) is 0 Å². The van der Waals surface area contributed by atoms with Crippen molar-refractivity contribution in [3.05, 3.63) is 65.2 Å². The molecule has 2 aromatic carbocycles. The van der Waals surface area contributed by atoms with Gasteiger partial charge in [-0.3, -0.25) is 0 Å². The summed E-state index contributed by atoms with van der Waals surface area (Å²) in [7, 11) is 2.28. The summed E-state index contributed by atoms with van der Waals surface area (Å²) in [4.78, 5) is 16.4. The summed E-state index contributed by atoms with van der Waals surface area (Å²) in [5.41, 5.74) is 4.73. The van der Waals surface area contributed by atoms with Crippen molar-refractivity contribution in [1.29, 1.82) is 0 Å². The molecule has 0 aliphatic heterocycles. The maximum Gasteiger partial charge on any atom is 0.335 e. The van der Waals surface area contributed by atoms with Gasteiger partial charge in [0, 0.05) is 22.2 Å². The zero-order valence-electron chi connectivity index (χ0n) is 18.3. The smallest absolute Gasteiger partial charge is 0.335 e. The molecule has 1 atom stereocenters. The van der Waals surface area contributed by atoms with Gasteiger partial charge in [-0.1, -0.05) is 51.1 Å². The number of carbonyl (C=O) groups is 1. The molecular formula is C25H32N2O2S. The second-order valence-electron chi connectivity index (χ2n) is 8.15. The molecule has 30 heavy (non-hydrogen) atoms. The fourth-order valence-corrected chi connectivity index (χ4v) is 5.03. The van der Waals surface area contributed by atoms with Crippen molar-refractivity contribution in [2.24, 2.45) is 0 Å². The number of H-pyrrole nitrogens is 1. The average molecular weight is 425 g/mol. The Balaban J connectivity index is 0.000000239. The van der Waals surface area contributed by atoms with Crippen LogP contribution in [0.15, 0.2) is 53.6 Å². The summed E-state index contributed by atoms with van der Waals surface area (Å²) >= 11 is 1.97. The van der Waals surface area contributed by atoms with Crippen molar-refractivity contribution in [2.75, 3.05) is 13.6 Å². The van der Waals surface area contributed by atoms with Crippen LogP contribution in [0.25, 0.3) is 10.9 Å². The highest BCUT2D eigenvalue weighted by Crippen LogP contribution is 2.38. The summed E-state index contributed by atoms with van der Waals surface area (Å²) in [6.07, 6.45) is 3.60. The van der Waals surface area contributed by atoms with Crippen molar-refractivity contribution in [2.45, 2.75) is 56.4 Å². The van der Waals surface area contributed by atoms with Crippen LogP contribution in [-0.2, 0) is 12.8 Å². The first-order valence-electron chi connectivity index (χ1n) is 10.7. The average Bonchev–Trinajstić information content (AvgIpc) is 3.07. The summed E-state index contributed by atoms with van der Waals surface area (Å²) in [5.74, 6) is -0.879. The molecule has 0 radical (unpaired) electrons. The first-order chi connectivity index (χ1) is 14.4. The summed E-state index contributed by atoms with van der Waals surface area (Å²) in [6, 6.07) is 15.7. The van der Waals surface area contributed by atoms with Crippen LogP contribution in [0.2, 0.25) is 0 Å². The molecule has 0 saturated heterocycles. The number of likely N-dealkylation sites (N-methyl/N-ethyl adjacent to an activating group) is 1. The van der Waals surface area contributed by atoms with Crippen molar-refractivity contribution < 1.29 is 9.90 Å². The highest BCUT2D eigenvalue weighted by Gasteiger charge is 2.27. The molecule has 1 heterocycles. The predicted molar refractivity (Wildman–Crippen MR) is 127 cm³/mol. The molecule has 2 N–H and O–H groups in total. The molecule has 1 aliphatic carbocycles. The standard InChI is InChI=1S/C18H26N2S.C7H6O2/c1-5-9-20(4)14-10-13-7-6-8-16-17(13)15(11-14)18(19-16)21-12(2)3;8-7(9)6-4-2-1-3-5-6/h6-8,12,14,19H,5,9-11H2,1-4H3;1-5H,(H,8,9). The van der Waals surface area contributed by atoms with Gasteiger partial charge in [-0.25, -0.2) is 4.79 Å². The number of thioether (sulfide) groups is 1. The lowest BCUT2D eigenvalue weighted by atomic mass is 9.88. The monoisotopic (exact) mass is 424 g/mol. The topological polar surface area (TPSA) is 56.3 Å². The highest BCUT2D eigenvalue weighted by molar-refractivity contribution is 7.99. The van der Waals surface area contributed by atoms with Gasteiger partial charge in [0.2, 0.25) is 0 Å². The minimum Gasteiger partial charge on any atom is -0.478 e. The maximum absolute atomic E-state index is 10.2. The van der Waals surface area contributed by atoms with Gasteiger partial charge in [0.1, 0.15) is 0 Å². The first-order valence-corrected chi connectivity index (χ1v) is 11.6. The summed E-state index contributed by atoms with van der Waals surface area (Å²) < 4.78 is 0. The Hall–Kier alpha value is -2.24. The Morgan fingerprint density at radius 2 is 1.90 bits per heavy atom. The van der Waals surface area contributed by atoms with Crippen LogP contribution in [0.1, 0.15) is 48.7 Å². The number of rotatable bonds is 6. The van der Waals surface area contributed by atoms with Crippen LogP contribution in [0.4, 0.5) is 0 Å². The van der Waals surface area contributed by atoms with E-state index in [9.17, 15) is 4.79 Å². The van der Waals surface area contributed by atoms with E-state index in [1.165, 1.54) is 47.3 Å². The van der Waals surface area contributed by atoms with Crippen molar-refractivity contribution in [1.82, 2.24) is 9.88 Å². The van der Waals surface area contributed by atoms with Gasteiger partial charge in [0.15, 0.2) is 0 Å². The number of carboxylic acids is 1. The number of aromatic amines is 1. The molecule has 0 spiro atoms. The quantitative estimate of drug-likeness (QED) is 0.487. The van der Waals surface area contributed by atoms with E-state index in [2.05, 4.69) is 55.9 Å². The lowest BCUT2D eigenvalue weighted by Crippen LogP contribution is -2.37. The molecule has 1 aliphatic rings. The van der Waals surface area contributed by atoms with E-state index in [0.717, 1.165) is 0 Å². The Labute approximate surface area is 183 Å². The van der Waals surface area contributed by atoms with E-state index in [4.69, 9.17) is 5.11 Å². The SMILES string of the molecule is CCCN(C)C1Cc2cccc3[nH]c(SC(C)C)c(c23)C1.O=C(O)c1ccccc1. The summed E-state index contributed by atoms with van der Waals surface area (Å²) in [6.45, 7) is 8.00. The third-order valence-corrected chi connectivity index (χ3v) is 6.50. The fourth-order valence-electron chi connectivity index (χ4n) is 4.06. The lowest BCUT2D eigenvalue weighted by Gasteiger charge is -2.31. The molecule has 1 aromatic heterocycles. The molecule has 160 valence electrons. The molecule has 4 nitrogen and oxygen atoms in total. The van der Waals surface area contributed by atoms with E-state index in [1.807, 2.05) is 11.8 Å². The van der Waals surface area contributed by atoms with Gasteiger partial charge < -0.3 is 15.0 Å². The third kappa shape index (κ3) is 5.27. The molecule has 0 fully saturated rings. The highest BCUT2D eigenvalue weighted by atomic mass is 32.2. The molecule has 4 rings (SSSR count). The zero-order chi connectivity index (χ0) is 21.7. The minimum absolute atomic E-state index is 0.331. The second kappa shape index (κ2) is 10.2. The zero-order valence-corrected chi connectivity index (χ0v) is 19.1. The van der Waals surface area contributed by atoms with Crippen LogP contribution in [-0.4, -0.2) is 45.8 Å². The Morgan fingerprint density at radius 3 is 2.50 bits per heavy atom.